The maximum Gasteiger partial charge on any atom is 0.265 e. The number of hydrogen-bond acceptors (Lipinski definition) is 5. The third-order valence-electron chi connectivity index (χ3n) is 4.63. The largest absolute Gasteiger partial charge is 0.490 e. The van der Waals surface area contributed by atoms with Gasteiger partial charge in [-0.05, 0) is 56.2 Å². The third kappa shape index (κ3) is 6.87. The fourth-order valence-corrected chi connectivity index (χ4v) is 3.06. The van der Waals surface area contributed by atoms with Gasteiger partial charge in [0, 0.05) is 11.3 Å². The normalized spacial score (nSPS) is 10.7. The lowest BCUT2D eigenvalue weighted by atomic mass is 10.1. The quantitative estimate of drug-likeness (QED) is 0.350. The number of oxime groups is 1. The molecule has 0 saturated carbocycles. The number of nitrogens with one attached hydrogen (secondary N) is 1. The fourth-order valence-electron chi connectivity index (χ4n) is 3.06. The maximum atomic E-state index is 12.1. The first kappa shape index (κ1) is 22.9. The van der Waals surface area contributed by atoms with Crippen LogP contribution < -0.4 is 14.8 Å². The Morgan fingerprint density at radius 2 is 1.78 bits per heavy atom. The van der Waals surface area contributed by atoms with Crippen LogP contribution in [0.2, 0.25) is 0 Å². The summed E-state index contributed by atoms with van der Waals surface area (Å²) in [5, 5.41) is 6.72. The lowest BCUT2D eigenvalue weighted by Crippen LogP contribution is -2.17. The number of nitrogens with zero attached hydrogens (tertiary/aromatic N) is 1. The van der Waals surface area contributed by atoms with Crippen molar-refractivity contribution < 1.29 is 19.1 Å². The Morgan fingerprint density at radius 1 is 0.969 bits per heavy atom. The van der Waals surface area contributed by atoms with E-state index >= 15 is 0 Å². The highest BCUT2D eigenvalue weighted by Crippen LogP contribution is 2.29. The van der Waals surface area contributed by atoms with Crippen LogP contribution in [0.25, 0.3) is 0 Å². The molecule has 0 aliphatic carbocycles. The zero-order valence-electron chi connectivity index (χ0n) is 18.6. The summed E-state index contributed by atoms with van der Waals surface area (Å²) < 4.78 is 11.6. The lowest BCUT2D eigenvalue weighted by molar-refractivity contribution is -0.120. The van der Waals surface area contributed by atoms with Gasteiger partial charge in [-0.25, -0.2) is 0 Å². The zero-order chi connectivity index (χ0) is 22.8. The summed E-state index contributed by atoms with van der Waals surface area (Å²) in [6.45, 7) is 6.66. The van der Waals surface area contributed by atoms with Crippen LogP contribution in [0.15, 0.2) is 71.9 Å². The molecule has 6 nitrogen and oxygen atoms in total. The predicted molar refractivity (Wildman–Crippen MR) is 126 cm³/mol. The topological polar surface area (TPSA) is 69.2 Å². The van der Waals surface area contributed by atoms with Crippen LogP contribution in [0.1, 0.15) is 29.2 Å². The van der Waals surface area contributed by atoms with Crippen LogP contribution in [0.3, 0.4) is 0 Å². The van der Waals surface area contributed by atoms with Gasteiger partial charge < -0.3 is 19.6 Å². The molecule has 166 valence electrons. The van der Waals surface area contributed by atoms with E-state index in [4.69, 9.17) is 14.3 Å². The van der Waals surface area contributed by atoms with Crippen LogP contribution >= 0.6 is 0 Å². The molecule has 0 atom stereocenters. The SMILES string of the molecule is CCOc1cc(C=NOCC(=O)Nc2ccc(C)cc2C)ccc1OCc1ccccc1. The highest BCUT2D eigenvalue weighted by Gasteiger charge is 2.08. The van der Waals surface area contributed by atoms with Crippen molar-refractivity contribution in [2.24, 2.45) is 5.16 Å². The van der Waals surface area contributed by atoms with E-state index in [1.54, 1.807) is 0 Å². The number of benzene rings is 3. The molecule has 0 aromatic heterocycles. The zero-order valence-corrected chi connectivity index (χ0v) is 18.6. The van der Waals surface area contributed by atoms with Crippen molar-refractivity contribution in [2.75, 3.05) is 18.5 Å². The van der Waals surface area contributed by atoms with Gasteiger partial charge in [-0.2, -0.15) is 0 Å². The molecule has 1 N–H and O–H groups in total. The monoisotopic (exact) mass is 432 g/mol. The molecule has 3 rings (SSSR count). The molecule has 0 fully saturated rings. The second-order valence-corrected chi connectivity index (χ2v) is 7.29. The third-order valence-corrected chi connectivity index (χ3v) is 4.63. The Bertz CT molecular complexity index is 1060. The first-order valence-corrected chi connectivity index (χ1v) is 10.5. The van der Waals surface area contributed by atoms with Crippen molar-refractivity contribution in [3.63, 3.8) is 0 Å². The summed E-state index contributed by atoms with van der Waals surface area (Å²) in [6, 6.07) is 21.3. The van der Waals surface area contributed by atoms with Gasteiger partial charge in [0.2, 0.25) is 0 Å². The molecule has 0 heterocycles. The van der Waals surface area contributed by atoms with Crippen molar-refractivity contribution in [1.82, 2.24) is 0 Å². The highest BCUT2D eigenvalue weighted by atomic mass is 16.6. The smallest absolute Gasteiger partial charge is 0.265 e. The lowest BCUT2D eigenvalue weighted by Gasteiger charge is -2.12. The minimum absolute atomic E-state index is 0.180. The van der Waals surface area contributed by atoms with Crippen molar-refractivity contribution in [1.29, 1.82) is 0 Å². The van der Waals surface area contributed by atoms with Crippen LogP contribution in [-0.4, -0.2) is 25.3 Å². The van der Waals surface area contributed by atoms with E-state index in [2.05, 4.69) is 10.5 Å². The van der Waals surface area contributed by atoms with Crippen molar-refractivity contribution in [2.45, 2.75) is 27.4 Å². The number of aryl methyl sites for hydroxylation is 2. The number of carbonyl (C=O) groups is 1. The minimum Gasteiger partial charge on any atom is -0.490 e. The molecule has 0 radical (unpaired) electrons. The summed E-state index contributed by atoms with van der Waals surface area (Å²) in [6.07, 6.45) is 1.54. The molecule has 0 bridgehead atoms. The van der Waals surface area contributed by atoms with Gasteiger partial charge in [-0.3, -0.25) is 4.79 Å². The second-order valence-electron chi connectivity index (χ2n) is 7.29. The summed E-state index contributed by atoms with van der Waals surface area (Å²) in [7, 11) is 0. The maximum absolute atomic E-state index is 12.1. The van der Waals surface area contributed by atoms with Gasteiger partial charge in [-0.15, -0.1) is 0 Å². The molecule has 0 aliphatic heterocycles. The first-order chi connectivity index (χ1) is 15.5. The predicted octanol–water partition coefficient (Wildman–Crippen LogP) is 5.27. The average molecular weight is 433 g/mol. The van der Waals surface area contributed by atoms with E-state index in [9.17, 15) is 4.79 Å². The van der Waals surface area contributed by atoms with Crippen molar-refractivity contribution in [3.8, 4) is 11.5 Å². The molecule has 6 heteroatoms. The van der Waals surface area contributed by atoms with Crippen molar-refractivity contribution >= 4 is 17.8 Å². The summed E-state index contributed by atoms with van der Waals surface area (Å²) in [4.78, 5) is 17.2. The number of rotatable bonds is 10. The van der Waals surface area contributed by atoms with Gasteiger partial charge in [0.15, 0.2) is 18.1 Å². The molecule has 32 heavy (non-hydrogen) atoms. The van der Waals surface area contributed by atoms with E-state index in [1.807, 2.05) is 87.5 Å². The number of anilines is 1. The van der Waals surface area contributed by atoms with Gasteiger partial charge >= 0.3 is 0 Å². The Kier molecular flexibility index (Phi) is 8.26. The van der Waals surface area contributed by atoms with E-state index in [1.165, 1.54) is 6.21 Å². The number of ether oxygens (including phenoxy) is 2. The molecule has 0 aliphatic rings. The van der Waals surface area contributed by atoms with Crippen molar-refractivity contribution in [3.05, 3.63) is 89.0 Å². The Labute approximate surface area is 188 Å². The molecule has 0 unspecified atom stereocenters. The number of carbonyl (C=O) groups excluding carboxylic acids is 1. The minimum atomic E-state index is -0.270. The molecule has 3 aromatic rings. The van der Waals surface area contributed by atoms with E-state index in [-0.39, 0.29) is 12.5 Å². The molecule has 0 saturated heterocycles. The summed E-state index contributed by atoms with van der Waals surface area (Å²) in [5.74, 6) is 1.01. The average Bonchev–Trinajstić information content (AvgIpc) is 2.79. The molecule has 3 aromatic carbocycles. The fraction of sp³-hybridized carbons (Fsp3) is 0.231. The van der Waals surface area contributed by atoms with E-state index in [0.29, 0.717) is 24.7 Å². The molecule has 0 spiro atoms. The van der Waals surface area contributed by atoms with Gasteiger partial charge in [-0.1, -0.05) is 53.2 Å². The molecular formula is C26H28N2O4. The Hall–Kier alpha value is -3.80. The van der Waals surface area contributed by atoms with Crippen LogP contribution in [0.4, 0.5) is 5.69 Å². The first-order valence-electron chi connectivity index (χ1n) is 10.5. The van der Waals surface area contributed by atoms with Gasteiger partial charge in [0.05, 0.1) is 12.8 Å². The Morgan fingerprint density at radius 3 is 2.53 bits per heavy atom. The highest BCUT2D eigenvalue weighted by molar-refractivity contribution is 5.92. The van der Waals surface area contributed by atoms with Crippen LogP contribution in [-0.2, 0) is 16.2 Å². The molecular weight excluding hydrogens is 404 g/mol. The van der Waals surface area contributed by atoms with Gasteiger partial charge in [0.1, 0.15) is 6.61 Å². The number of hydrogen-bond donors (Lipinski definition) is 1. The van der Waals surface area contributed by atoms with E-state index in [0.717, 1.165) is 27.9 Å². The second kappa shape index (κ2) is 11.6. The summed E-state index contributed by atoms with van der Waals surface area (Å²) in [5.41, 5.74) is 4.76. The van der Waals surface area contributed by atoms with Gasteiger partial charge in [0.25, 0.3) is 5.91 Å². The Balaban J connectivity index is 1.54. The van der Waals surface area contributed by atoms with E-state index < -0.39 is 0 Å². The number of amides is 1. The van der Waals surface area contributed by atoms with Crippen LogP contribution in [0.5, 0.6) is 11.5 Å². The van der Waals surface area contributed by atoms with Crippen LogP contribution in [0, 0.1) is 13.8 Å². The summed E-state index contributed by atoms with van der Waals surface area (Å²) >= 11 is 0. The molecule has 1 amide bonds. The standard InChI is InChI=1S/C26H28N2O4/c1-4-30-25-15-22(11-13-24(25)31-17-21-8-6-5-7-9-21)16-27-32-18-26(29)28-23-12-10-19(2)14-20(23)3/h5-16H,4,17-18H2,1-3H3,(H,28,29).